The molecule has 0 saturated heterocycles. The van der Waals surface area contributed by atoms with Gasteiger partial charge in [-0.25, -0.2) is 9.59 Å². The van der Waals surface area contributed by atoms with Crippen molar-refractivity contribution in [3.05, 3.63) is 78.6 Å². The van der Waals surface area contributed by atoms with Gasteiger partial charge < -0.3 is 14.4 Å². The van der Waals surface area contributed by atoms with Crippen molar-refractivity contribution < 1.29 is 19.1 Å². The number of rotatable bonds is 9. The SMILES string of the molecule is C=CCN(CC=C)C(/C=C(/c1ccccc1)C(C)(C)C)=C(C(=O)OC)C(=O)OC. The molecule has 1 aromatic rings. The fraction of sp³-hybridized carbons (Fsp3) is 0.333. The van der Waals surface area contributed by atoms with Crippen molar-refractivity contribution in [3.63, 3.8) is 0 Å². The van der Waals surface area contributed by atoms with Crippen LogP contribution in [0.4, 0.5) is 0 Å². The smallest absolute Gasteiger partial charge is 0.347 e. The third kappa shape index (κ3) is 6.49. The van der Waals surface area contributed by atoms with Gasteiger partial charge in [-0.15, -0.1) is 13.2 Å². The summed E-state index contributed by atoms with van der Waals surface area (Å²) in [5.41, 5.74) is 1.91. The number of ether oxygens (including phenoxy) is 2. The maximum absolute atomic E-state index is 12.5. The van der Waals surface area contributed by atoms with Crippen molar-refractivity contribution in [2.45, 2.75) is 20.8 Å². The predicted octanol–water partition coefficient (Wildman–Crippen LogP) is 4.39. The van der Waals surface area contributed by atoms with Gasteiger partial charge in [-0.05, 0) is 22.6 Å². The predicted molar refractivity (Wildman–Crippen MR) is 117 cm³/mol. The number of methoxy groups -OCH3 is 2. The zero-order chi connectivity index (χ0) is 22.0. The lowest BCUT2D eigenvalue weighted by Crippen LogP contribution is -2.29. The van der Waals surface area contributed by atoms with E-state index in [0.29, 0.717) is 18.8 Å². The Balaban J connectivity index is 3.94. The van der Waals surface area contributed by atoms with Crippen molar-refractivity contribution in [1.29, 1.82) is 0 Å². The van der Waals surface area contributed by atoms with E-state index >= 15 is 0 Å². The number of carbonyl (C=O) groups excluding carboxylic acids is 2. The summed E-state index contributed by atoms with van der Waals surface area (Å²) in [6, 6.07) is 9.83. The molecule has 1 aromatic carbocycles. The molecule has 0 aliphatic carbocycles. The minimum absolute atomic E-state index is 0.170. The van der Waals surface area contributed by atoms with E-state index < -0.39 is 11.9 Å². The zero-order valence-electron chi connectivity index (χ0n) is 18.0. The lowest BCUT2D eigenvalue weighted by atomic mass is 9.81. The Labute approximate surface area is 174 Å². The highest BCUT2D eigenvalue weighted by molar-refractivity contribution is 6.15. The van der Waals surface area contributed by atoms with Gasteiger partial charge in [0.05, 0.1) is 19.9 Å². The molecular weight excluding hydrogens is 366 g/mol. The van der Waals surface area contributed by atoms with Crippen LogP contribution < -0.4 is 0 Å². The first kappa shape index (κ1) is 24.0. The third-order valence-electron chi connectivity index (χ3n) is 4.25. The van der Waals surface area contributed by atoms with E-state index in [1.807, 2.05) is 41.3 Å². The fourth-order valence-electron chi connectivity index (χ4n) is 2.89. The average Bonchev–Trinajstić information content (AvgIpc) is 2.69. The van der Waals surface area contributed by atoms with Crippen LogP contribution >= 0.6 is 0 Å². The van der Waals surface area contributed by atoms with Crippen molar-refractivity contribution >= 4 is 17.5 Å². The van der Waals surface area contributed by atoms with Crippen LogP contribution in [-0.4, -0.2) is 44.1 Å². The van der Waals surface area contributed by atoms with Crippen LogP contribution in [0.3, 0.4) is 0 Å². The van der Waals surface area contributed by atoms with E-state index in [1.165, 1.54) is 14.2 Å². The Kier molecular flexibility index (Phi) is 9.13. The molecule has 29 heavy (non-hydrogen) atoms. The first-order chi connectivity index (χ1) is 13.7. The standard InChI is InChI=1S/C24H31NO4/c1-8-15-25(16-9-2)20(21(22(26)28-6)23(27)29-7)17-19(24(3,4)5)18-13-11-10-12-14-18/h8-14,17H,1-2,15-16H2,3-7H3/b19-17-. The summed E-state index contributed by atoms with van der Waals surface area (Å²) in [6.45, 7) is 14.6. The monoisotopic (exact) mass is 397 g/mol. The normalized spacial score (nSPS) is 11.3. The summed E-state index contributed by atoms with van der Waals surface area (Å²) in [5.74, 6) is -1.52. The quantitative estimate of drug-likeness (QED) is 0.154. The second kappa shape index (κ2) is 11.1. The van der Waals surface area contributed by atoms with Crippen LogP contribution in [-0.2, 0) is 19.1 Å². The van der Waals surface area contributed by atoms with Crippen molar-refractivity contribution in [3.8, 4) is 0 Å². The molecule has 0 fully saturated rings. The molecule has 0 unspecified atom stereocenters. The first-order valence-corrected chi connectivity index (χ1v) is 9.36. The molecule has 5 nitrogen and oxygen atoms in total. The number of carbonyl (C=O) groups is 2. The van der Waals surface area contributed by atoms with Crippen molar-refractivity contribution in [2.75, 3.05) is 27.3 Å². The van der Waals surface area contributed by atoms with Crippen molar-refractivity contribution in [2.24, 2.45) is 5.41 Å². The minimum atomic E-state index is -0.762. The van der Waals surface area contributed by atoms with E-state index in [-0.39, 0.29) is 11.0 Å². The molecular formula is C24H31NO4. The molecule has 0 saturated carbocycles. The Bertz CT molecular complexity index is 770. The highest BCUT2D eigenvalue weighted by Crippen LogP contribution is 2.36. The molecule has 0 heterocycles. The summed E-state index contributed by atoms with van der Waals surface area (Å²) in [6.07, 6.45) is 5.25. The molecule has 1 rings (SSSR count). The number of benzene rings is 1. The highest BCUT2D eigenvalue weighted by atomic mass is 16.5. The molecule has 0 bridgehead atoms. The number of allylic oxidation sites excluding steroid dienone is 2. The maximum Gasteiger partial charge on any atom is 0.347 e. The van der Waals surface area contributed by atoms with Crippen LogP contribution in [0.2, 0.25) is 0 Å². The highest BCUT2D eigenvalue weighted by Gasteiger charge is 2.29. The van der Waals surface area contributed by atoms with E-state index in [9.17, 15) is 9.59 Å². The summed E-state index contributed by atoms with van der Waals surface area (Å²) in [7, 11) is 2.47. The molecule has 0 aromatic heterocycles. The van der Waals surface area contributed by atoms with Gasteiger partial charge in [0.25, 0.3) is 0 Å². The summed E-state index contributed by atoms with van der Waals surface area (Å²) < 4.78 is 9.78. The van der Waals surface area contributed by atoms with Crippen LogP contribution in [0.15, 0.2) is 73.0 Å². The summed E-state index contributed by atoms with van der Waals surface area (Å²) in [5, 5.41) is 0. The Morgan fingerprint density at radius 3 is 1.83 bits per heavy atom. The molecule has 156 valence electrons. The number of hydrogen-bond acceptors (Lipinski definition) is 5. The topological polar surface area (TPSA) is 55.8 Å². The fourth-order valence-corrected chi connectivity index (χ4v) is 2.89. The largest absolute Gasteiger partial charge is 0.465 e. The van der Waals surface area contributed by atoms with Crippen LogP contribution in [0, 0.1) is 5.41 Å². The van der Waals surface area contributed by atoms with Gasteiger partial charge in [-0.2, -0.15) is 0 Å². The van der Waals surface area contributed by atoms with E-state index in [4.69, 9.17) is 9.47 Å². The van der Waals surface area contributed by atoms with E-state index in [0.717, 1.165) is 11.1 Å². The lowest BCUT2D eigenvalue weighted by molar-refractivity contribution is -0.144. The van der Waals surface area contributed by atoms with Crippen LogP contribution in [0.5, 0.6) is 0 Å². The van der Waals surface area contributed by atoms with Crippen molar-refractivity contribution in [1.82, 2.24) is 4.90 Å². The van der Waals surface area contributed by atoms with Gasteiger partial charge in [0.2, 0.25) is 0 Å². The third-order valence-corrected chi connectivity index (χ3v) is 4.25. The molecule has 0 aliphatic rings. The summed E-state index contributed by atoms with van der Waals surface area (Å²) in [4.78, 5) is 26.9. The molecule has 0 amide bonds. The molecule has 0 atom stereocenters. The molecule has 0 aliphatic heterocycles. The Hall–Kier alpha value is -3.08. The molecule has 0 radical (unpaired) electrons. The van der Waals surface area contributed by atoms with Crippen LogP contribution in [0.25, 0.3) is 5.57 Å². The molecule has 0 spiro atoms. The second-order valence-corrected chi connectivity index (χ2v) is 7.40. The van der Waals surface area contributed by atoms with Gasteiger partial charge >= 0.3 is 11.9 Å². The second-order valence-electron chi connectivity index (χ2n) is 7.40. The lowest BCUT2D eigenvalue weighted by Gasteiger charge is -2.29. The van der Waals surface area contributed by atoms with Gasteiger partial charge in [-0.1, -0.05) is 63.3 Å². The molecule has 0 N–H and O–H groups in total. The molecule has 5 heteroatoms. The number of esters is 2. The Morgan fingerprint density at radius 2 is 1.45 bits per heavy atom. The number of nitrogens with zero attached hydrogens (tertiary/aromatic N) is 1. The Morgan fingerprint density at radius 1 is 0.966 bits per heavy atom. The maximum atomic E-state index is 12.5. The van der Waals surface area contributed by atoms with E-state index in [2.05, 4.69) is 33.9 Å². The summed E-state index contributed by atoms with van der Waals surface area (Å²) >= 11 is 0. The number of hydrogen-bond donors (Lipinski definition) is 0. The van der Waals surface area contributed by atoms with Gasteiger partial charge in [-0.3, -0.25) is 0 Å². The zero-order valence-corrected chi connectivity index (χ0v) is 18.0. The van der Waals surface area contributed by atoms with Crippen LogP contribution in [0.1, 0.15) is 26.3 Å². The van der Waals surface area contributed by atoms with Gasteiger partial charge in [0, 0.05) is 13.1 Å². The first-order valence-electron chi connectivity index (χ1n) is 9.36. The van der Waals surface area contributed by atoms with Gasteiger partial charge in [0.1, 0.15) is 0 Å². The van der Waals surface area contributed by atoms with Gasteiger partial charge in [0.15, 0.2) is 5.57 Å². The van der Waals surface area contributed by atoms with E-state index in [1.54, 1.807) is 12.2 Å². The minimum Gasteiger partial charge on any atom is -0.465 e. The average molecular weight is 398 g/mol.